The Morgan fingerprint density at radius 2 is 1.86 bits per heavy atom. The van der Waals surface area contributed by atoms with Crippen molar-refractivity contribution < 1.29 is 12.8 Å². The number of sulfonamides is 1. The summed E-state index contributed by atoms with van der Waals surface area (Å²) >= 11 is 1.15. The first-order chi connectivity index (χ1) is 9.95. The second-order valence-corrected chi connectivity index (χ2v) is 6.79. The molecule has 0 amide bonds. The van der Waals surface area contributed by atoms with Crippen molar-refractivity contribution >= 4 is 38.6 Å². The SMILES string of the molecule is Nc1c(Sc2nc3ccccc3o2)cccc1S(N)(=O)=O. The van der Waals surface area contributed by atoms with Gasteiger partial charge in [-0.15, -0.1) is 0 Å². The van der Waals surface area contributed by atoms with Gasteiger partial charge < -0.3 is 10.2 Å². The number of hydrogen-bond acceptors (Lipinski definition) is 6. The lowest BCUT2D eigenvalue weighted by molar-refractivity contribution is 0.489. The zero-order valence-electron chi connectivity index (χ0n) is 10.7. The van der Waals surface area contributed by atoms with Gasteiger partial charge in [-0.25, -0.2) is 18.5 Å². The van der Waals surface area contributed by atoms with Gasteiger partial charge in [0.1, 0.15) is 10.4 Å². The van der Waals surface area contributed by atoms with Crippen LogP contribution in [0.25, 0.3) is 11.1 Å². The molecule has 0 saturated carbocycles. The maximum absolute atomic E-state index is 11.4. The number of nitrogens with two attached hydrogens (primary N) is 2. The van der Waals surface area contributed by atoms with Crippen LogP contribution in [0.1, 0.15) is 0 Å². The first-order valence-electron chi connectivity index (χ1n) is 5.90. The number of primary sulfonamides is 1. The summed E-state index contributed by atoms with van der Waals surface area (Å²) in [5.41, 5.74) is 7.33. The number of nitrogen functional groups attached to an aromatic ring is 1. The lowest BCUT2D eigenvalue weighted by Crippen LogP contribution is -2.14. The molecule has 108 valence electrons. The fraction of sp³-hybridized carbons (Fsp3) is 0. The van der Waals surface area contributed by atoms with Gasteiger partial charge in [0, 0.05) is 4.90 Å². The van der Waals surface area contributed by atoms with E-state index in [1.165, 1.54) is 6.07 Å². The molecule has 0 aliphatic heterocycles. The molecule has 0 aliphatic carbocycles. The molecule has 8 heteroatoms. The molecule has 4 N–H and O–H groups in total. The third-order valence-electron chi connectivity index (χ3n) is 2.80. The Labute approximate surface area is 125 Å². The number of hydrogen-bond donors (Lipinski definition) is 2. The maximum atomic E-state index is 11.4. The van der Waals surface area contributed by atoms with E-state index in [9.17, 15) is 8.42 Å². The molecule has 0 saturated heterocycles. The third kappa shape index (κ3) is 2.73. The fourth-order valence-corrected chi connectivity index (χ4v) is 3.43. The zero-order chi connectivity index (χ0) is 15.0. The van der Waals surface area contributed by atoms with Crippen molar-refractivity contribution in [1.82, 2.24) is 4.98 Å². The Bertz CT molecular complexity index is 886. The summed E-state index contributed by atoms with van der Waals surface area (Å²) in [5.74, 6) is 0. The van der Waals surface area contributed by atoms with Crippen molar-refractivity contribution in [2.75, 3.05) is 5.73 Å². The Hall–Kier alpha value is -2.03. The lowest BCUT2D eigenvalue weighted by Gasteiger charge is -2.07. The van der Waals surface area contributed by atoms with E-state index in [0.29, 0.717) is 15.7 Å². The van der Waals surface area contributed by atoms with Crippen LogP contribution in [0.3, 0.4) is 0 Å². The number of para-hydroxylation sites is 3. The minimum Gasteiger partial charge on any atom is -0.431 e. The second kappa shape index (κ2) is 5.06. The van der Waals surface area contributed by atoms with E-state index in [-0.39, 0.29) is 10.6 Å². The smallest absolute Gasteiger partial charge is 0.261 e. The van der Waals surface area contributed by atoms with Crippen LogP contribution in [0.15, 0.2) is 61.9 Å². The van der Waals surface area contributed by atoms with E-state index < -0.39 is 10.0 Å². The largest absolute Gasteiger partial charge is 0.431 e. The normalized spacial score (nSPS) is 11.9. The van der Waals surface area contributed by atoms with Gasteiger partial charge >= 0.3 is 0 Å². The van der Waals surface area contributed by atoms with Crippen molar-refractivity contribution in [2.45, 2.75) is 15.0 Å². The van der Waals surface area contributed by atoms with Crippen LogP contribution < -0.4 is 10.9 Å². The molecule has 0 spiro atoms. The van der Waals surface area contributed by atoms with Gasteiger partial charge in [-0.05, 0) is 36.0 Å². The highest BCUT2D eigenvalue weighted by atomic mass is 32.2. The van der Waals surface area contributed by atoms with Crippen molar-refractivity contribution in [3.63, 3.8) is 0 Å². The van der Waals surface area contributed by atoms with Crippen LogP contribution in [0.4, 0.5) is 5.69 Å². The van der Waals surface area contributed by atoms with Crippen molar-refractivity contribution in [2.24, 2.45) is 5.14 Å². The van der Waals surface area contributed by atoms with Crippen molar-refractivity contribution in [1.29, 1.82) is 0 Å². The average molecular weight is 321 g/mol. The summed E-state index contributed by atoms with van der Waals surface area (Å²) in [4.78, 5) is 4.71. The standard InChI is InChI=1S/C13H11N3O3S2/c14-12-10(6-3-7-11(12)21(15,17)18)20-13-16-8-4-1-2-5-9(8)19-13/h1-7H,14H2,(H2,15,17,18). The number of benzene rings is 2. The number of anilines is 1. The van der Waals surface area contributed by atoms with Crippen molar-refractivity contribution in [3.05, 3.63) is 42.5 Å². The molecule has 0 aliphatic rings. The molecule has 0 atom stereocenters. The molecule has 3 aromatic rings. The number of oxazole rings is 1. The molecule has 0 fully saturated rings. The van der Waals surface area contributed by atoms with Gasteiger partial charge in [-0.3, -0.25) is 0 Å². The molecule has 0 radical (unpaired) electrons. The molecular weight excluding hydrogens is 310 g/mol. The molecule has 3 rings (SSSR count). The molecule has 1 aromatic heterocycles. The van der Waals surface area contributed by atoms with Crippen LogP contribution >= 0.6 is 11.8 Å². The van der Waals surface area contributed by atoms with Crippen LogP contribution in [0.2, 0.25) is 0 Å². The van der Waals surface area contributed by atoms with E-state index in [4.69, 9.17) is 15.3 Å². The molecular formula is C13H11N3O3S2. The van der Waals surface area contributed by atoms with Gasteiger partial charge in [0.15, 0.2) is 5.58 Å². The number of nitrogens with zero attached hydrogens (tertiary/aromatic N) is 1. The van der Waals surface area contributed by atoms with Crippen LogP contribution in [0.5, 0.6) is 0 Å². The number of aromatic nitrogens is 1. The topological polar surface area (TPSA) is 112 Å². The summed E-state index contributed by atoms with van der Waals surface area (Å²) < 4.78 is 28.5. The Balaban J connectivity index is 2.02. The van der Waals surface area contributed by atoms with Crippen LogP contribution in [0, 0.1) is 0 Å². The van der Waals surface area contributed by atoms with Gasteiger partial charge in [-0.1, -0.05) is 18.2 Å². The molecule has 2 aromatic carbocycles. The summed E-state index contributed by atoms with van der Waals surface area (Å²) in [6, 6.07) is 11.9. The zero-order valence-corrected chi connectivity index (χ0v) is 12.3. The van der Waals surface area contributed by atoms with E-state index in [1.807, 2.05) is 18.2 Å². The van der Waals surface area contributed by atoms with E-state index in [1.54, 1.807) is 18.2 Å². The van der Waals surface area contributed by atoms with E-state index in [2.05, 4.69) is 4.98 Å². The maximum Gasteiger partial charge on any atom is 0.261 e. The highest BCUT2D eigenvalue weighted by Crippen LogP contribution is 2.35. The van der Waals surface area contributed by atoms with Crippen LogP contribution in [-0.2, 0) is 10.0 Å². The molecule has 6 nitrogen and oxygen atoms in total. The first-order valence-corrected chi connectivity index (χ1v) is 8.26. The Kier molecular flexibility index (Phi) is 3.36. The third-order valence-corrected chi connectivity index (χ3v) is 4.70. The van der Waals surface area contributed by atoms with E-state index >= 15 is 0 Å². The molecule has 0 unspecified atom stereocenters. The van der Waals surface area contributed by atoms with E-state index in [0.717, 1.165) is 17.3 Å². The fourth-order valence-electron chi connectivity index (χ4n) is 1.85. The minimum atomic E-state index is -3.86. The predicted molar refractivity (Wildman–Crippen MR) is 80.4 cm³/mol. The summed E-state index contributed by atoms with van der Waals surface area (Å²) in [6.45, 7) is 0. The quantitative estimate of drug-likeness (QED) is 0.715. The summed E-state index contributed by atoms with van der Waals surface area (Å²) in [6.07, 6.45) is 0. The number of rotatable bonds is 3. The molecule has 0 bridgehead atoms. The van der Waals surface area contributed by atoms with Gasteiger partial charge in [0.05, 0.1) is 5.69 Å². The molecule has 21 heavy (non-hydrogen) atoms. The second-order valence-electron chi connectivity index (χ2n) is 4.26. The summed E-state index contributed by atoms with van der Waals surface area (Å²) in [5, 5.41) is 5.51. The monoisotopic (exact) mass is 321 g/mol. The van der Waals surface area contributed by atoms with Gasteiger partial charge in [-0.2, -0.15) is 0 Å². The lowest BCUT2D eigenvalue weighted by atomic mass is 10.3. The highest BCUT2D eigenvalue weighted by molar-refractivity contribution is 7.99. The minimum absolute atomic E-state index is 0.0901. The Morgan fingerprint density at radius 1 is 1.10 bits per heavy atom. The average Bonchev–Trinajstić information content (AvgIpc) is 2.82. The predicted octanol–water partition coefficient (Wildman–Crippen LogP) is 2.21. The first kappa shape index (κ1) is 13.9. The summed E-state index contributed by atoms with van der Waals surface area (Å²) in [7, 11) is -3.86. The van der Waals surface area contributed by atoms with Gasteiger partial charge in [0.2, 0.25) is 10.0 Å². The van der Waals surface area contributed by atoms with Gasteiger partial charge in [0.25, 0.3) is 5.22 Å². The molecule has 1 heterocycles. The highest BCUT2D eigenvalue weighted by Gasteiger charge is 2.17. The van der Waals surface area contributed by atoms with Crippen molar-refractivity contribution in [3.8, 4) is 0 Å². The van der Waals surface area contributed by atoms with Crippen LogP contribution in [-0.4, -0.2) is 13.4 Å². The Morgan fingerprint density at radius 3 is 2.57 bits per heavy atom. The number of fused-ring (bicyclic) bond motifs is 1.